The van der Waals surface area contributed by atoms with Crippen LogP contribution in [0, 0.1) is 24.7 Å². The molecule has 0 bridgehead atoms. The van der Waals surface area contributed by atoms with Gasteiger partial charge < -0.3 is 0 Å². The highest BCUT2D eigenvalue weighted by Gasteiger charge is 2.05. The Morgan fingerprint density at radius 1 is 1.27 bits per heavy atom. The van der Waals surface area contributed by atoms with Crippen molar-refractivity contribution in [2.75, 3.05) is 0 Å². The van der Waals surface area contributed by atoms with Gasteiger partial charge in [0.15, 0.2) is 0 Å². The minimum atomic E-state index is 0.838. The van der Waals surface area contributed by atoms with E-state index in [1.165, 1.54) is 5.17 Å². The largest absolute Gasteiger partial charge is 0.115 e. The smallest absolute Gasteiger partial charge is 0.0226 e. The molecular formula is C10H8Si. The Kier molecular flexibility index (Phi) is 2.26. The van der Waals surface area contributed by atoms with Crippen molar-refractivity contribution < 1.29 is 0 Å². The third-order valence-corrected chi connectivity index (χ3v) is 2.21. The second-order valence-electron chi connectivity index (χ2n) is 2.34. The van der Waals surface area contributed by atoms with E-state index in [0.29, 0.717) is 0 Å². The van der Waals surface area contributed by atoms with Crippen molar-refractivity contribution in [3.05, 3.63) is 23.3 Å². The molecule has 0 saturated heterocycles. The van der Waals surface area contributed by atoms with Gasteiger partial charge in [-0.05, 0) is 22.0 Å². The van der Waals surface area contributed by atoms with Gasteiger partial charge in [-0.1, -0.05) is 17.0 Å². The van der Waals surface area contributed by atoms with Gasteiger partial charge in [-0.15, -0.1) is 12.8 Å². The summed E-state index contributed by atoms with van der Waals surface area (Å²) in [6.07, 6.45) is 15.2. The number of terminal acetylenes is 2. The molecule has 0 atom stereocenters. The van der Waals surface area contributed by atoms with E-state index in [9.17, 15) is 0 Å². The van der Waals surface area contributed by atoms with E-state index in [2.05, 4.69) is 11.8 Å². The Balaban J connectivity index is 2.99. The quantitative estimate of drug-likeness (QED) is 0.350. The van der Waals surface area contributed by atoms with Crippen LogP contribution in [0.2, 0.25) is 0 Å². The summed E-state index contributed by atoms with van der Waals surface area (Å²) in [5.41, 5.74) is 1.98. The standard InChI is InChI=1S/C10H8Si/c1-3-8-5-6-9(4-2)10(11)7-8/h1-2,5-6H,7,11H2. The molecule has 0 unspecified atom stereocenters. The molecule has 0 heterocycles. The van der Waals surface area contributed by atoms with Crippen LogP contribution >= 0.6 is 0 Å². The first-order valence-electron chi connectivity index (χ1n) is 3.30. The van der Waals surface area contributed by atoms with Crippen LogP contribution in [0.4, 0.5) is 0 Å². The third kappa shape index (κ3) is 1.58. The summed E-state index contributed by atoms with van der Waals surface area (Å²) in [5.74, 6) is 5.23. The molecule has 0 nitrogen and oxygen atoms in total. The van der Waals surface area contributed by atoms with E-state index in [4.69, 9.17) is 12.8 Å². The summed E-state index contributed by atoms with van der Waals surface area (Å²) >= 11 is 0. The molecule has 1 rings (SSSR count). The maximum Gasteiger partial charge on any atom is 0.0226 e. The van der Waals surface area contributed by atoms with Crippen molar-refractivity contribution in [2.45, 2.75) is 6.42 Å². The lowest BCUT2D eigenvalue weighted by atomic mass is 9.99. The number of allylic oxidation sites excluding steroid dienone is 4. The van der Waals surface area contributed by atoms with Crippen LogP contribution in [0.5, 0.6) is 0 Å². The highest BCUT2D eigenvalue weighted by atomic mass is 28.1. The molecule has 0 amide bonds. The highest BCUT2D eigenvalue weighted by Crippen LogP contribution is 2.12. The van der Waals surface area contributed by atoms with Crippen LogP contribution in [0.15, 0.2) is 23.3 Å². The zero-order valence-corrected chi connectivity index (χ0v) is 7.64. The van der Waals surface area contributed by atoms with Crippen molar-refractivity contribution in [1.82, 2.24) is 0 Å². The van der Waals surface area contributed by atoms with Crippen LogP contribution in [-0.2, 0) is 0 Å². The lowest BCUT2D eigenvalue weighted by molar-refractivity contribution is 1.38. The van der Waals surface area contributed by atoms with Gasteiger partial charge in [0.1, 0.15) is 0 Å². The molecule has 0 radical (unpaired) electrons. The van der Waals surface area contributed by atoms with Crippen LogP contribution in [0.3, 0.4) is 0 Å². The normalized spacial score (nSPS) is 16.0. The fraction of sp³-hybridized carbons (Fsp3) is 0.100. The third-order valence-electron chi connectivity index (χ3n) is 1.58. The van der Waals surface area contributed by atoms with E-state index in [1.807, 2.05) is 22.0 Å². The Morgan fingerprint density at radius 3 is 2.45 bits per heavy atom. The van der Waals surface area contributed by atoms with Crippen molar-refractivity contribution in [1.29, 1.82) is 0 Å². The van der Waals surface area contributed by atoms with E-state index in [1.54, 1.807) is 0 Å². The summed E-state index contributed by atoms with van der Waals surface area (Å²) in [7, 11) is 1.81. The fourth-order valence-corrected chi connectivity index (χ4v) is 1.42. The molecule has 0 spiro atoms. The average Bonchev–Trinajstić information content (AvgIpc) is 2.04. The van der Waals surface area contributed by atoms with Crippen molar-refractivity contribution in [2.24, 2.45) is 0 Å². The second kappa shape index (κ2) is 3.19. The van der Waals surface area contributed by atoms with Gasteiger partial charge in [-0.25, -0.2) is 0 Å². The van der Waals surface area contributed by atoms with Crippen LogP contribution < -0.4 is 0 Å². The van der Waals surface area contributed by atoms with Gasteiger partial charge in [-0.3, -0.25) is 0 Å². The predicted octanol–water partition coefficient (Wildman–Crippen LogP) is 0.315. The van der Waals surface area contributed by atoms with Gasteiger partial charge in [0.2, 0.25) is 0 Å². The Hall–Kier alpha value is -1.31. The SMILES string of the molecule is C#CC1=CC=C(C#C)C(=[SiH2])C1. The monoisotopic (exact) mass is 156 g/mol. The van der Waals surface area contributed by atoms with Crippen molar-refractivity contribution >= 4 is 15.0 Å². The zero-order chi connectivity index (χ0) is 8.27. The molecule has 0 fully saturated rings. The minimum absolute atomic E-state index is 0.838. The lowest BCUT2D eigenvalue weighted by Gasteiger charge is -2.08. The Morgan fingerprint density at radius 2 is 2.00 bits per heavy atom. The molecular weight excluding hydrogens is 148 g/mol. The van der Waals surface area contributed by atoms with Crippen molar-refractivity contribution in [3.8, 4) is 24.7 Å². The summed E-state index contributed by atoms with van der Waals surface area (Å²) < 4.78 is 0. The Labute approximate surface area is 70.0 Å². The molecule has 0 aromatic carbocycles. The molecule has 1 heteroatoms. The maximum absolute atomic E-state index is 5.26. The van der Waals surface area contributed by atoms with E-state index in [-0.39, 0.29) is 0 Å². The molecule has 0 saturated carbocycles. The molecule has 0 aromatic rings. The molecule has 11 heavy (non-hydrogen) atoms. The first-order valence-corrected chi connectivity index (χ1v) is 4.01. The molecule has 1 aliphatic rings. The number of hydrogen-bond acceptors (Lipinski definition) is 0. The van der Waals surface area contributed by atoms with Crippen molar-refractivity contribution in [3.63, 3.8) is 0 Å². The first-order chi connectivity index (χ1) is 5.27. The van der Waals surface area contributed by atoms with Gasteiger partial charge in [0, 0.05) is 17.6 Å². The average molecular weight is 156 g/mol. The zero-order valence-electron chi connectivity index (χ0n) is 6.22. The summed E-state index contributed by atoms with van der Waals surface area (Å²) in [4.78, 5) is 0. The molecule has 0 N–H and O–H groups in total. The molecule has 52 valence electrons. The summed E-state index contributed by atoms with van der Waals surface area (Å²) in [6, 6.07) is 0. The first kappa shape index (κ1) is 7.79. The Bertz CT molecular complexity index is 329. The van der Waals surface area contributed by atoms with Crippen LogP contribution in [0.25, 0.3) is 0 Å². The van der Waals surface area contributed by atoms with Gasteiger partial charge in [0.05, 0.1) is 0 Å². The van der Waals surface area contributed by atoms with Gasteiger partial charge >= 0.3 is 0 Å². The molecule has 0 aliphatic heterocycles. The maximum atomic E-state index is 5.26. The van der Waals surface area contributed by atoms with E-state index < -0.39 is 0 Å². The van der Waals surface area contributed by atoms with Gasteiger partial charge in [0.25, 0.3) is 0 Å². The molecule has 0 aromatic heterocycles. The predicted molar refractivity (Wildman–Crippen MR) is 52.0 cm³/mol. The van der Waals surface area contributed by atoms with E-state index in [0.717, 1.165) is 17.6 Å². The number of hydrogen-bond donors (Lipinski definition) is 0. The van der Waals surface area contributed by atoms with Crippen LogP contribution in [0.1, 0.15) is 6.42 Å². The lowest BCUT2D eigenvalue weighted by Crippen LogP contribution is -2.06. The van der Waals surface area contributed by atoms with Crippen LogP contribution in [-0.4, -0.2) is 15.0 Å². The highest BCUT2D eigenvalue weighted by molar-refractivity contribution is 6.45. The topological polar surface area (TPSA) is 0 Å². The fourth-order valence-electron chi connectivity index (χ4n) is 0.935. The number of rotatable bonds is 0. The second-order valence-corrected chi connectivity index (χ2v) is 3.19. The van der Waals surface area contributed by atoms with Gasteiger partial charge in [-0.2, -0.15) is 0 Å². The molecule has 1 aliphatic carbocycles. The summed E-state index contributed by atoms with van der Waals surface area (Å²) in [6.45, 7) is 0. The minimum Gasteiger partial charge on any atom is -0.115 e. The summed E-state index contributed by atoms with van der Waals surface area (Å²) in [5, 5.41) is 1.21. The van der Waals surface area contributed by atoms with E-state index >= 15 is 0 Å².